The second-order valence-electron chi connectivity index (χ2n) is 2.68. The largest absolute Gasteiger partial charge is 0.121 e. The van der Waals surface area contributed by atoms with Gasteiger partial charge in [-0.25, -0.2) is 0 Å². The van der Waals surface area contributed by atoms with Crippen molar-refractivity contribution in [1.82, 2.24) is 0 Å². The van der Waals surface area contributed by atoms with Crippen LogP contribution < -0.4 is 0 Å². The van der Waals surface area contributed by atoms with Crippen LogP contribution in [0, 0.1) is 0 Å². The molecule has 10 heavy (non-hydrogen) atoms. The maximum Gasteiger partial charge on any atom is -0.0167 e. The zero-order valence-corrected chi connectivity index (χ0v) is 6.56. The number of hydrogen-bond acceptors (Lipinski definition) is 0. The molecule has 0 unspecified atom stereocenters. The Morgan fingerprint density at radius 2 is 2.30 bits per heavy atom. The van der Waals surface area contributed by atoms with Crippen molar-refractivity contribution < 1.29 is 0 Å². The summed E-state index contributed by atoms with van der Waals surface area (Å²) in [7, 11) is 0. The molecule has 0 aromatic carbocycles. The molecule has 0 heterocycles. The molecule has 0 saturated carbocycles. The third-order valence-corrected chi connectivity index (χ3v) is 1.73. The summed E-state index contributed by atoms with van der Waals surface area (Å²) >= 11 is 0. The maximum atomic E-state index is 3.06. The van der Waals surface area contributed by atoms with Crippen LogP contribution >= 0.6 is 0 Å². The summed E-state index contributed by atoms with van der Waals surface area (Å²) in [6, 6.07) is 0. The molecule has 0 aromatic rings. The molecular formula is C10H14. The average molecular weight is 134 g/mol. The van der Waals surface area contributed by atoms with Gasteiger partial charge in [0.1, 0.15) is 0 Å². The zero-order valence-electron chi connectivity index (χ0n) is 6.56. The third kappa shape index (κ3) is 2.24. The molecule has 0 atom stereocenters. The number of rotatable bonds is 4. The van der Waals surface area contributed by atoms with E-state index in [1.54, 1.807) is 0 Å². The van der Waals surface area contributed by atoms with E-state index in [2.05, 4.69) is 24.8 Å². The Morgan fingerprint density at radius 1 is 1.40 bits per heavy atom. The van der Waals surface area contributed by atoms with Gasteiger partial charge in [0.15, 0.2) is 0 Å². The van der Waals surface area contributed by atoms with E-state index in [-0.39, 0.29) is 0 Å². The molecule has 0 aliphatic heterocycles. The van der Waals surface area contributed by atoms with Gasteiger partial charge < -0.3 is 0 Å². The molecule has 0 N–H and O–H groups in total. The van der Waals surface area contributed by atoms with Gasteiger partial charge in [-0.3, -0.25) is 0 Å². The molecule has 0 amide bonds. The molecule has 1 aliphatic carbocycles. The van der Waals surface area contributed by atoms with Gasteiger partial charge in [0.25, 0.3) is 0 Å². The molecule has 0 saturated heterocycles. The number of hydrogen-bond donors (Lipinski definition) is 0. The molecule has 0 spiro atoms. The van der Waals surface area contributed by atoms with E-state index in [0.717, 1.165) is 0 Å². The highest BCUT2D eigenvalue weighted by atomic mass is 14.0. The van der Waals surface area contributed by atoms with E-state index < -0.39 is 0 Å². The highest BCUT2D eigenvalue weighted by Crippen LogP contribution is 2.12. The Morgan fingerprint density at radius 3 is 2.90 bits per heavy atom. The first-order valence-corrected chi connectivity index (χ1v) is 4.05. The standard InChI is InChI=1S/C10H14/c1-2-3-4-7-10-8-5-6-9-10/h5,8-9H,2-4,7H2,1H3. The predicted octanol–water partition coefficient (Wildman–Crippen LogP) is 3.22. The third-order valence-electron chi connectivity index (χ3n) is 1.73. The van der Waals surface area contributed by atoms with Gasteiger partial charge in [0, 0.05) is 0 Å². The van der Waals surface area contributed by atoms with E-state index in [0.29, 0.717) is 0 Å². The fourth-order valence-corrected chi connectivity index (χ4v) is 1.09. The van der Waals surface area contributed by atoms with Crippen molar-refractivity contribution in [3.8, 4) is 0 Å². The van der Waals surface area contributed by atoms with Gasteiger partial charge in [0.2, 0.25) is 0 Å². The molecule has 1 aliphatic rings. The van der Waals surface area contributed by atoms with E-state index >= 15 is 0 Å². The van der Waals surface area contributed by atoms with Crippen molar-refractivity contribution >= 4 is 0 Å². The van der Waals surface area contributed by atoms with Crippen LogP contribution in [0.25, 0.3) is 0 Å². The molecular weight excluding hydrogens is 120 g/mol. The lowest BCUT2D eigenvalue weighted by Crippen LogP contribution is -1.77. The lowest BCUT2D eigenvalue weighted by molar-refractivity contribution is 0.720. The predicted molar refractivity (Wildman–Crippen MR) is 44.9 cm³/mol. The van der Waals surface area contributed by atoms with E-state index in [4.69, 9.17) is 0 Å². The Hall–Kier alpha value is -0.740. The number of allylic oxidation sites excluding steroid dienone is 3. The van der Waals surface area contributed by atoms with Crippen LogP contribution in [-0.4, -0.2) is 0 Å². The molecule has 0 bridgehead atoms. The minimum absolute atomic E-state index is 1.23. The summed E-state index contributed by atoms with van der Waals surface area (Å²) < 4.78 is 0. The monoisotopic (exact) mass is 134 g/mol. The topological polar surface area (TPSA) is 0 Å². The van der Waals surface area contributed by atoms with Gasteiger partial charge in [-0.15, -0.1) is 5.73 Å². The van der Waals surface area contributed by atoms with Gasteiger partial charge in [-0.1, -0.05) is 25.8 Å². The first kappa shape index (κ1) is 7.37. The van der Waals surface area contributed by atoms with Crippen LogP contribution in [0.2, 0.25) is 0 Å². The minimum Gasteiger partial charge on any atom is -0.121 e. The van der Waals surface area contributed by atoms with Crippen molar-refractivity contribution in [2.75, 3.05) is 0 Å². The normalized spacial score (nSPS) is 14.3. The summed E-state index contributed by atoms with van der Waals surface area (Å²) in [6.07, 6.45) is 11.4. The van der Waals surface area contributed by atoms with Crippen LogP contribution in [-0.2, 0) is 0 Å². The van der Waals surface area contributed by atoms with Crippen LogP contribution in [0.4, 0.5) is 0 Å². The smallest absolute Gasteiger partial charge is 0.0167 e. The van der Waals surface area contributed by atoms with E-state index in [1.807, 2.05) is 6.08 Å². The maximum absolute atomic E-state index is 3.06. The Balaban J connectivity index is 2.10. The summed E-state index contributed by atoms with van der Waals surface area (Å²) in [5.41, 5.74) is 4.50. The number of unbranched alkanes of at least 4 members (excludes halogenated alkanes) is 2. The molecule has 0 fully saturated rings. The molecule has 0 aromatic heterocycles. The summed E-state index contributed by atoms with van der Waals surface area (Å²) in [6.45, 7) is 2.23. The highest BCUT2D eigenvalue weighted by molar-refractivity contribution is 5.29. The second-order valence-corrected chi connectivity index (χ2v) is 2.68. The van der Waals surface area contributed by atoms with Gasteiger partial charge >= 0.3 is 0 Å². The van der Waals surface area contributed by atoms with Crippen LogP contribution in [0.5, 0.6) is 0 Å². The first-order valence-electron chi connectivity index (χ1n) is 4.05. The van der Waals surface area contributed by atoms with Gasteiger partial charge in [-0.2, -0.15) is 0 Å². The van der Waals surface area contributed by atoms with Gasteiger partial charge in [-0.05, 0) is 30.6 Å². The quantitative estimate of drug-likeness (QED) is 0.409. The van der Waals surface area contributed by atoms with Crippen molar-refractivity contribution in [3.05, 3.63) is 29.5 Å². The van der Waals surface area contributed by atoms with Crippen molar-refractivity contribution in [2.45, 2.75) is 32.6 Å². The first-order chi connectivity index (χ1) is 4.93. The summed E-state index contributed by atoms with van der Waals surface area (Å²) in [5.74, 6) is 0. The average Bonchev–Trinajstić information content (AvgIpc) is 2.41. The van der Waals surface area contributed by atoms with E-state index in [9.17, 15) is 0 Å². The van der Waals surface area contributed by atoms with Crippen molar-refractivity contribution in [3.63, 3.8) is 0 Å². The molecule has 54 valence electrons. The van der Waals surface area contributed by atoms with E-state index in [1.165, 1.54) is 31.3 Å². The van der Waals surface area contributed by atoms with Crippen molar-refractivity contribution in [1.29, 1.82) is 0 Å². The Bertz CT molecular complexity index is 178. The van der Waals surface area contributed by atoms with Crippen LogP contribution in [0.3, 0.4) is 0 Å². The Labute approximate surface area is 62.9 Å². The second kappa shape index (κ2) is 4.14. The molecule has 0 heteroatoms. The fourth-order valence-electron chi connectivity index (χ4n) is 1.09. The Kier molecular flexibility index (Phi) is 3.05. The lowest BCUT2D eigenvalue weighted by Gasteiger charge is -1.96. The zero-order chi connectivity index (χ0) is 7.23. The SMILES string of the molecule is CCCCCC1=CC=C=C1. The van der Waals surface area contributed by atoms with Crippen LogP contribution in [0.1, 0.15) is 32.6 Å². The fraction of sp³-hybridized carbons (Fsp3) is 0.500. The lowest BCUT2D eigenvalue weighted by atomic mass is 10.1. The van der Waals surface area contributed by atoms with Crippen molar-refractivity contribution in [2.24, 2.45) is 0 Å². The minimum atomic E-state index is 1.23. The van der Waals surface area contributed by atoms with Crippen LogP contribution in [0.15, 0.2) is 29.5 Å². The molecule has 1 rings (SSSR count). The molecule has 0 radical (unpaired) electrons. The summed E-state index contributed by atoms with van der Waals surface area (Å²) in [4.78, 5) is 0. The summed E-state index contributed by atoms with van der Waals surface area (Å²) in [5, 5.41) is 0. The van der Waals surface area contributed by atoms with Gasteiger partial charge in [0.05, 0.1) is 0 Å². The molecule has 0 nitrogen and oxygen atoms in total. The highest BCUT2D eigenvalue weighted by Gasteiger charge is 1.93.